The minimum absolute atomic E-state index is 0.442. The maximum atomic E-state index is 10.9. The molecule has 2 heteroatoms. The maximum absolute atomic E-state index is 10.9. The molecule has 1 saturated heterocycles. The standard InChI is InChI=1S/C9H17NO.C4H10/c1-2-3-6-10-7-4-9(11)5-8-10;1-3-4-2/h2-8H2,1H3;3-4H2,1-2H3. The second-order valence-corrected chi connectivity index (χ2v) is 4.23. The third-order valence-electron chi connectivity index (χ3n) is 2.74. The fourth-order valence-electron chi connectivity index (χ4n) is 1.41. The number of rotatable bonds is 4. The Bertz CT molecular complexity index is 145. The molecule has 0 aromatic rings. The fraction of sp³-hybridized carbons (Fsp3) is 0.923. The zero-order valence-electron chi connectivity index (χ0n) is 10.7. The molecule has 1 heterocycles. The van der Waals surface area contributed by atoms with E-state index < -0.39 is 0 Å². The van der Waals surface area contributed by atoms with Crippen LogP contribution in [0.2, 0.25) is 0 Å². The van der Waals surface area contributed by atoms with E-state index >= 15 is 0 Å². The molecule has 0 unspecified atom stereocenters. The van der Waals surface area contributed by atoms with Gasteiger partial charge in [0.05, 0.1) is 0 Å². The van der Waals surface area contributed by atoms with Crippen molar-refractivity contribution in [2.45, 2.75) is 59.3 Å². The third kappa shape index (κ3) is 8.61. The summed E-state index contributed by atoms with van der Waals surface area (Å²) in [6.45, 7) is 9.75. The van der Waals surface area contributed by atoms with Crippen molar-refractivity contribution in [2.24, 2.45) is 0 Å². The Morgan fingerprint density at radius 1 is 1.00 bits per heavy atom. The first kappa shape index (κ1) is 14.6. The predicted octanol–water partition coefficient (Wildman–Crippen LogP) is 3.26. The van der Waals surface area contributed by atoms with Crippen molar-refractivity contribution in [1.82, 2.24) is 4.90 Å². The first-order chi connectivity index (χ1) is 7.24. The van der Waals surface area contributed by atoms with E-state index in [1.165, 1.54) is 32.2 Å². The number of unbranched alkanes of at least 4 members (excludes halogenated alkanes) is 2. The highest BCUT2D eigenvalue weighted by atomic mass is 16.1. The number of hydrogen-bond acceptors (Lipinski definition) is 2. The van der Waals surface area contributed by atoms with Gasteiger partial charge in [-0.05, 0) is 13.0 Å². The molecule has 0 saturated carbocycles. The molecule has 90 valence electrons. The topological polar surface area (TPSA) is 20.3 Å². The van der Waals surface area contributed by atoms with E-state index in [1.54, 1.807) is 0 Å². The number of carbonyl (C=O) groups excluding carboxylic acids is 1. The molecule has 0 aliphatic carbocycles. The summed E-state index contributed by atoms with van der Waals surface area (Å²) in [7, 11) is 0. The Morgan fingerprint density at radius 3 is 1.93 bits per heavy atom. The van der Waals surface area contributed by atoms with Gasteiger partial charge >= 0.3 is 0 Å². The van der Waals surface area contributed by atoms with Crippen molar-refractivity contribution in [3.8, 4) is 0 Å². The summed E-state index contributed by atoms with van der Waals surface area (Å²) in [6.07, 6.45) is 6.73. The van der Waals surface area contributed by atoms with Crippen molar-refractivity contribution < 1.29 is 4.79 Å². The Balaban J connectivity index is 0.000000423. The summed E-state index contributed by atoms with van der Waals surface area (Å²) >= 11 is 0. The van der Waals surface area contributed by atoms with Gasteiger partial charge in [-0.3, -0.25) is 4.79 Å². The lowest BCUT2D eigenvalue weighted by molar-refractivity contribution is -0.121. The van der Waals surface area contributed by atoms with E-state index in [0.29, 0.717) is 5.78 Å². The Kier molecular flexibility index (Phi) is 9.91. The van der Waals surface area contributed by atoms with Gasteiger partial charge in [-0.1, -0.05) is 40.0 Å². The van der Waals surface area contributed by atoms with Gasteiger partial charge in [0.1, 0.15) is 5.78 Å². The van der Waals surface area contributed by atoms with Crippen LogP contribution in [0.4, 0.5) is 0 Å². The largest absolute Gasteiger partial charge is 0.302 e. The summed E-state index contributed by atoms with van der Waals surface area (Å²) < 4.78 is 0. The van der Waals surface area contributed by atoms with Crippen LogP contribution in [0, 0.1) is 0 Å². The number of carbonyl (C=O) groups is 1. The first-order valence-electron chi connectivity index (χ1n) is 6.48. The van der Waals surface area contributed by atoms with Crippen LogP contribution in [0.5, 0.6) is 0 Å². The van der Waals surface area contributed by atoms with Crippen molar-refractivity contribution in [1.29, 1.82) is 0 Å². The molecule has 0 amide bonds. The summed E-state index contributed by atoms with van der Waals surface area (Å²) in [5.74, 6) is 0.442. The second kappa shape index (κ2) is 10.2. The lowest BCUT2D eigenvalue weighted by atomic mass is 10.1. The van der Waals surface area contributed by atoms with Gasteiger partial charge in [-0.15, -0.1) is 0 Å². The van der Waals surface area contributed by atoms with Gasteiger partial charge in [0.2, 0.25) is 0 Å². The molecule has 2 nitrogen and oxygen atoms in total. The minimum atomic E-state index is 0.442. The minimum Gasteiger partial charge on any atom is -0.302 e. The zero-order chi connectivity index (χ0) is 11.5. The molecule has 1 fully saturated rings. The molecule has 0 aromatic carbocycles. The zero-order valence-corrected chi connectivity index (χ0v) is 10.7. The predicted molar refractivity (Wildman–Crippen MR) is 66.2 cm³/mol. The second-order valence-electron chi connectivity index (χ2n) is 4.23. The summed E-state index contributed by atoms with van der Waals surface area (Å²) in [5.41, 5.74) is 0. The van der Waals surface area contributed by atoms with E-state index in [1.807, 2.05) is 0 Å². The molecule has 0 aromatic heterocycles. The van der Waals surface area contributed by atoms with E-state index in [-0.39, 0.29) is 0 Å². The number of Topliss-reactive ketones (excluding diaryl/α,β-unsaturated/α-hetero) is 1. The van der Waals surface area contributed by atoms with E-state index in [2.05, 4.69) is 25.7 Å². The van der Waals surface area contributed by atoms with Crippen LogP contribution in [0.25, 0.3) is 0 Å². The number of piperidine rings is 1. The SMILES string of the molecule is CCCC.CCCCN1CCC(=O)CC1. The van der Waals surface area contributed by atoms with Crippen molar-refractivity contribution >= 4 is 5.78 Å². The van der Waals surface area contributed by atoms with Crippen LogP contribution in [0.15, 0.2) is 0 Å². The van der Waals surface area contributed by atoms with Gasteiger partial charge in [0.25, 0.3) is 0 Å². The van der Waals surface area contributed by atoms with Crippen LogP contribution in [-0.4, -0.2) is 30.3 Å². The van der Waals surface area contributed by atoms with Crippen LogP contribution >= 0.6 is 0 Å². The van der Waals surface area contributed by atoms with Crippen LogP contribution in [-0.2, 0) is 4.79 Å². The number of ketones is 1. The molecule has 0 atom stereocenters. The van der Waals surface area contributed by atoms with Crippen molar-refractivity contribution in [3.63, 3.8) is 0 Å². The van der Waals surface area contributed by atoms with Gasteiger partial charge in [-0.25, -0.2) is 0 Å². The maximum Gasteiger partial charge on any atom is 0.135 e. The average Bonchev–Trinajstić information content (AvgIpc) is 2.29. The highest BCUT2D eigenvalue weighted by molar-refractivity contribution is 5.79. The monoisotopic (exact) mass is 213 g/mol. The molecule has 1 rings (SSSR count). The molecule has 0 radical (unpaired) electrons. The summed E-state index contributed by atoms with van der Waals surface area (Å²) in [5, 5.41) is 0. The molecule has 15 heavy (non-hydrogen) atoms. The smallest absolute Gasteiger partial charge is 0.135 e. The Hall–Kier alpha value is -0.370. The third-order valence-corrected chi connectivity index (χ3v) is 2.74. The number of nitrogens with zero attached hydrogens (tertiary/aromatic N) is 1. The molecule has 0 spiro atoms. The van der Waals surface area contributed by atoms with Gasteiger partial charge in [0.15, 0.2) is 0 Å². The lowest BCUT2D eigenvalue weighted by Gasteiger charge is -2.25. The summed E-state index contributed by atoms with van der Waals surface area (Å²) in [6, 6.07) is 0. The van der Waals surface area contributed by atoms with Gasteiger partial charge in [0, 0.05) is 25.9 Å². The van der Waals surface area contributed by atoms with Gasteiger partial charge < -0.3 is 4.90 Å². The molecular weight excluding hydrogens is 186 g/mol. The summed E-state index contributed by atoms with van der Waals surface area (Å²) in [4.78, 5) is 13.2. The molecule has 0 bridgehead atoms. The van der Waals surface area contributed by atoms with Crippen LogP contribution in [0.3, 0.4) is 0 Å². The normalized spacial score (nSPS) is 17.1. The highest BCUT2D eigenvalue weighted by Crippen LogP contribution is 2.06. The lowest BCUT2D eigenvalue weighted by Crippen LogP contribution is -2.34. The molecular formula is C13H27NO. The molecule has 0 N–H and O–H groups in total. The van der Waals surface area contributed by atoms with Crippen molar-refractivity contribution in [3.05, 3.63) is 0 Å². The quantitative estimate of drug-likeness (QED) is 0.714. The first-order valence-corrected chi connectivity index (χ1v) is 6.48. The van der Waals surface area contributed by atoms with Crippen LogP contribution in [0.1, 0.15) is 59.3 Å². The average molecular weight is 213 g/mol. The number of likely N-dealkylation sites (tertiary alicyclic amines) is 1. The van der Waals surface area contributed by atoms with Gasteiger partial charge in [-0.2, -0.15) is 0 Å². The van der Waals surface area contributed by atoms with E-state index in [0.717, 1.165) is 25.9 Å². The highest BCUT2D eigenvalue weighted by Gasteiger charge is 2.14. The van der Waals surface area contributed by atoms with E-state index in [4.69, 9.17) is 0 Å². The number of hydrogen-bond donors (Lipinski definition) is 0. The van der Waals surface area contributed by atoms with Crippen LogP contribution < -0.4 is 0 Å². The Morgan fingerprint density at radius 2 is 1.53 bits per heavy atom. The Labute approximate surface area is 95.0 Å². The fourth-order valence-corrected chi connectivity index (χ4v) is 1.41. The molecule has 1 aliphatic rings. The van der Waals surface area contributed by atoms with Crippen molar-refractivity contribution in [2.75, 3.05) is 19.6 Å². The van der Waals surface area contributed by atoms with E-state index in [9.17, 15) is 4.79 Å². The molecule has 1 aliphatic heterocycles.